The van der Waals surface area contributed by atoms with Crippen LogP contribution in [0.25, 0.3) is 0 Å². The summed E-state index contributed by atoms with van der Waals surface area (Å²) in [6, 6.07) is 10.2. The van der Waals surface area contributed by atoms with Crippen LogP contribution in [-0.4, -0.2) is 22.8 Å². The molecule has 1 atom stereocenters. The molecule has 1 aliphatic rings. The average Bonchev–Trinajstić information content (AvgIpc) is 3.03. The molecule has 0 aliphatic heterocycles. The monoisotopic (exact) mass is 255 g/mol. The van der Waals surface area contributed by atoms with Crippen LogP contribution in [0, 0.1) is 0 Å². The van der Waals surface area contributed by atoms with E-state index >= 15 is 0 Å². The number of aromatic nitrogens is 1. The van der Waals surface area contributed by atoms with Crippen molar-refractivity contribution >= 4 is 11.6 Å². The van der Waals surface area contributed by atoms with E-state index in [1.807, 2.05) is 13.1 Å². The van der Waals surface area contributed by atoms with E-state index in [1.54, 1.807) is 17.2 Å². The Kier molecular flexibility index (Phi) is 2.78. The van der Waals surface area contributed by atoms with E-state index in [4.69, 9.17) is 5.73 Å². The van der Waals surface area contributed by atoms with Crippen LogP contribution in [0.4, 0.5) is 5.69 Å². The number of nitrogen functional groups attached to an aromatic ring is 1. The Hall–Kier alpha value is -2.23. The number of hydrogen-bond acceptors (Lipinski definition) is 2. The lowest BCUT2D eigenvalue weighted by Gasteiger charge is -2.25. The third-order valence-electron chi connectivity index (χ3n) is 3.82. The van der Waals surface area contributed by atoms with Crippen molar-refractivity contribution in [2.75, 3.05) is 12.8 Å². The van der Waals surface area contributed by atoms with Crippen LogP contribution in [0.2, 0.25) is 0 Å². The number of nitrogens with zero attached hydrogens (tertiary/aromatic N) is 1. The number of anilines is 1. The highest BCUT2D eigenvalue weighted by Gasteiger charge is 2.29. The standard InChI is InChI=1S/C15H17N3O/c1-18(15(19)13-8-11(16)9-17-13)14-7-6-10-4-2-3-5-12(10)14/h2-5,8-9,14,17H,6-7,16H2,1H3. The van der Waals surface area contributed by atoms with Crippen molar-refractivity contribution in [3.63, 3.8) is 0 Å². The summed E-state index contributed by atoms with van der Waals surface area (Å²) in [5.41, 5.74) is 9.38. The molecule has 0 saturated heterocycles. The molecule has 4 heteroatoms. The number of nitrogens with one attached hydrogen (secondary N) is 1. The lowest BCUT2D eigenvalue weighted by Crippen LogP contribution is -2.30. The van der Waals surface area contributed by atoms with Crippen molar-refractivity contribution in [2.45, 2.75) is 18.9 Å². The van der Waals surface area contributed by atoms with Crippen LogP contribution < -0.4 is 5.73 Å². The Morgan fingerprint density at radius 2 is 2.21 bits per heavy atom. The summed E-state index contributed by atoms with van der Waals surface area (Å²) in [7, 11) is 1.85. The molecular formula is C15H17N3O. The average molecular weight is 255 g/mol. The van der Waals surface area contributed by atoms with Crippen molar-refractivity contribution in [3.05, 3.63) is 53.3 Å². The van der Waals surface area contributed by atoms with Crippen LogP contribution in [0.15, 0.2) is 36.5 Å². The third-order valence-corrected chi connectivity index (χ3v) is 3.82. The van der Waals surface area contributed by atoms with Gasteiger partial charge in [-0.1, -0.05) is 24.3 Å². The van der Waals surface area contributed by atoms with Gasteiger partial charge in [0.1, 0.15) is 5.69 Å². The molecule has 2 aromatic rings. The van der Waals surface area contributed by atoms with E-state index in [2.05, 4.69) is 23.2 Å². The SMILES string of the molecule is CN(C(=O)c1cc(N)c[nH]1)C1CCc2ccccc21. The van der Waals surface area contributed by atoms with Crippen LogP contribution in [0.3, 0.4) is 0 Å². The van der Waals surface area contributed by atoms with Crippen molar-refractivity contribution in [1.29, 1.82) is 0 Å². The minimum Gasteiger partial charge on any atom is -0.397 e. The van der Waals surface area contributed by atoms with Crippen molar-refractivity contribution in [2.24, 2.45) is 0 Å². The van der Waals surface area contributed by atoms with E-state index < -0.39 is 0 Å². The summed E-state index contributed by atoms with van der Waals surface area (Å²) >= 11 is 0. The minimum absolute atomic E-state index is 0.0154. The van der Waals surface area contributed by atoms with Crippen LogP contribution in [0.5, 0.6) is 0 Å². The fourth-order valence-corrected chi connectivity index (χ4v) is 2.80. The van der Waals surface area contributed by atoms with E-state index in [0.29, 0.717) is 11.4 Å². The van der Waals surface area contributed by atoms with Gasteiger partial charge in [-0.2, -0.15) is 0 Å². The molecule has 0 fully saturated rings. The molecule has 0 spiro atoms. The highest BCUT2D eigenvalue weighted by Crippen LogP contribution is 2.35. The second-order valence-corrected chi connectivity index (χ2v) is 5.02. The second kappa shape index (κ2) is 4.46. The summed E-state index contributed by atoms with van der Waals surface area (Å²) in [5, 5.41) is 0. The molecule has 4 nitrogen and oxygen atoms in total. The zero-order valence-electron chi connectivity index (χ0n) is 10.9. The van der Waals surface area contributed by atoms with Gasteiger partial charge in [0.05, 0.1) is 6.04 Å². The third kappa shape index (κ3) is 1.99. The molecule has 0 saturated carbocycles. The smallest absolute Gasteiger partial charge is 0.270 e. The Morgan fingerprint density at radius 3 is 2.95 bits per heavy atom. The largest absolute Gasteiger partial charge is 0.397 e. The molecule has 3 rings (SSSR count). The highest BCUT2D eigenvalue weighted by molar-refractivity contribution is 5.93. The Labute approximate surface area is 112 Å². The van der Waals surface area contributed by atoms with Gasteiger partial charge in [-0.05, 0) is 30.0 Å². The van der Waals surface area contributed by atoms with Gasteiger partial charge in [0.15, 0.2) is 0 Å². The molecule has 1 aromatic carbocycles. The number of nitrogens with two attached hydrogens (primary N) is 1. The Bertz CT molecular complexity index is 617. The maximum Gasteiger partial charge on any atom is 0.270 e. The van der Waals surface area contributed by atoms with E-state index in [1.165, 1.54) is 11.1 Å². The van der Waals surface area contributed by atoms with Crippen LogP contribution in [0.1, 0.15) is 34.1 Å². The maximum absolute atomic E-state index is 12.4. The fraction of sp³-hybridized carbons (Fsp3) is 0.267. The Balaban J connectivity index is 1.86. The van der Waals surface area contributed by atoms with Crippen molar-refractivity contribution < 1.29 is 4.79 Å². The van der Waals surface area contributed by atoms with Gasteiger partial charge in [0, 0.05) is 18.9 Å². The Morgan fingerprint density at radius 1 is 1.42 bits per heavy atom. The summed E-state index contributed by atoms with van der Waals surface area (Å²) < 4.78 is 0. The van der Waals surface area contributed by atoms with E-state index in [-0.39, 0.29) is 11.9 Å². The minimum atomic E-state index is -0.0154. The first kappa shape index (κ1) is 11.8. The van der Waals surface area contributed by atoms with Crippen LogP contribution in [-0.2, 0) is 6.42 Å². The first-order valence-corrected chi connectivity index (χ1v) is 6.45. The maximum atomic E-state index is 12.4. The highest BCUT2D eigenvalue weighted by atomic mass is 16.2. The predicted molar refractivity (Wildman–Crippen MR) is 74.8 cm³/mol. The number of aromatic amines is 1. The molecule has 3 N–H and O–H groups in total. The number of carbonyl (C=O) groups excluding carboxylic acids is 1. The van der Waals surface area contributed by atoms with E-state index in [9.17, 15) is 4.79 Å². The quantitative estimate of drug-likeness (QED) is 0.865. The molecule has 0 radical (unpaired) electrons. The van der Waals surface area contributed by atoms with E-state index in [0.717, 1.165) is 12.8 Å². The summed E-state index contributed by atoms with van der Waals surface area (Å²) in [6.07, 6.45) is 3.66. The predicted octanol–water partition coefficient (Wildman–Crippen LogP) is 2.36. The van der Waals surface area contributed by atoms with Gasteiger partial charge in [-0.3, -0.25) is 4.79 Å². The van der Waals surface area contributed by atoms with Crippen molar-refractivity contribution in [1.82, 2.24) is 9.88 Å². The summed E-state index contributed by atoms with van der Waals surface area (Å²) in [6.45, 7) is 0. The lowest BCUT2D eigenvalue weighted by molar-refractivity contribution is 0.0725. The first-order valence-electron chi connectivity index (χ1n) is 6.45. The number of fused-ring (bicyclic) bond motifs is 1. The van der Waals surface area contributed by atoms with Gasteiger partial charge < -0.3 is 15.6 Å². The van der Waals surface area contributed by atoms with Gasteiger partial charge in [0.25, 0.3) is 5.91 Å². The van der Waals surface area contributed by atoms with Gasteiger partial charge in [-0.25, -0.2) is 0 Å². The number of aryl methyl sites for hydroxylation is 1. The number of benzene rings is 1. The number of carbonyl (C=O) groups is 1. The van der Waals surface area contributed by atoms with Crippen LogP contribution >= 0.6 is 0 Å². The molecule has 19 heavy (non-hydrogen) atoms. The summed E-state index contributed by atoms with van der Waals surface area (Å²) in [5.74, 6) is -0.0154. The van der Waals surface area contributed by atoms with Gasteiger partial charge in [0.2, 0.25) is 0 Å². The molecule has 1 aliphatic carbocycles. The fourth-order valence-electron chi connectivity index (χ4n) is 2.80. The second-order valence-electron chi connectivity index (χ2n) is 5.02. The molecule has 1 unspecified atom stereocenters. The zero-order valence-corrected chi connectivity index (χ0v) is 10.9. The molecule has 1 amide bonds. The number of rotatable bonds is 2. The number of H-pyrrole nitrogens is 1. The number of amides is 1. The van der Waals surface area contributed by atoms with Gasteiger partial charge in [-0.15, -0.1) is 0 Å². The first-order chi connectivity index (χ1) is 9.16. The summed E-state index contributed by atoms with van der Waals surface area (Å²) in [4.78, 5) is 17.1. The zero-order chi connectivity index (χ0) is 13.4. The number of hydrogen-bond donors (Lipinski definition) is 2. The van der Waals surface area contributed by atoms with Gasteiger partial charge >= 0.3 is 0 Å². The topological polar surface area (TPSA) is 62.1 Å². The molecule has 98 valence electrons. The molecule has 1 heterocycles. The molecular weight excluding hydrogens is 238 g/mol. The van der Waals surface area contributed by atoms with Crippen molar-refractivity contribution in [3.8, 4) is 0 Å². The normalized spacial score (nSPS) is 17.2. The lowest BCUT2D eigenvalue weighted by atomic mass is 10.1. The molecule has 1 aromatic heterocycles. The molecule has 0 bridgehead atoms.